The molecule has 1 amide bonds. The van der Waals surface area contributed by atoms with Gasteiger partial charge in [0.25, 0.3) is 5.91 Å². The molecule has 3 unspecified atom stereocenters. The fourth-order valence-electron chi connectivity index (χ4n) is 5.21. The molecule has 2 aliphatic rings. The number of carbonyl (C=O) groups excluding carboxylic acids is 1. The minimum Gasteiger partial charge on any atom is -0.490 e. The Kier molecular flexibility index (Phi) is 5.11. The maximum Gasteiger partial charge on any atom is 0.251 e. The summed E-state index contributed by atoms with van der Waals surface area (Å²) in [7, 11) is 0. The van der Waals surface area contributed by atoms with Crippen molar-refractivity contribution in [2.45, 2.75) is 38.3 Å². The summed E-state index contributed by atoms with van der Waals surface area (Å²) in [5.41, 5.74) is 1.63. The Balaban J connectivity index is 1.20. The molecule has 5 heteroatoms. The molecule has 154 valence electrons. The molecule has 0 spiro atoms. The number of para-hydroxylation sites is 1. The minimum absolute atomic E-state index is 0.0143. The smallest absolute Gasteiger partial charge is 0.251 e. The summed E-state index contributed by atoms with van der Waals surface area (Å²) in [6.45, 7) is 2.15. The van der Waals surface area contributed by atoms with E-state index >= 15 is 0 Å². The van der Waals surface area contributed by atoms with Crippen molar-refractivity contribution >= 4 is 28.4 Å². The average molecular weight is 421 g/mol. The number of pyridine rings is 1. The maximum atomic E-state index is 12.6. The van der Waals surface area contributed by atoms with E-state index in [9.17, 15) is 4.79 Å². The summed E-state index contributed by atoms with van der Waals surface area (Å²) < 4.78 is 6.37. The Labute approximate surface area is 181 Å². The second kappa shape index (κ2) is 7.92. The monoisotopic (exact) mass is 420 g/mol. The van der Waals surface area contributed by atoms with E-state index in [0.717, 1.165) is 35.9 Å². The summed E-state index contributed by atoms with van der Waals surface area (Å²) in [5.74, 6) is 2.74. The van der Waals surface area contributed by atoms with Gasteiger partial charge in [0.2, 0.25) is 0 Å². The molecule has 1 N–H and O–H groups in total. The number of halogens is 1. The molecular weight excluding hydrogens is 396 g/mol. The largest absolute Gasteiger partial charge is 0.490 e. The number of nitrogens with zero attached hydrogens (tertiary/aromatic N) is 1. The number of rotatable bonds is 6. The van der Waals surface area contributed by atoms with Crippen molar-refractivity contribution in [1.29, 1.82) is 0 Å². The normalized spacial score (nSPS) is 25.5. The first kappa shape index (κ1) is 19.4. The van der Waals surface area contributed by atoms with Crippen LogP contribution in [0.3, 0.4) is 0 Å². The molecule has 2 aliphatic carbocycles. The van der Waals surface area contributed by atoms with Crippen LogP contribution in [-0.4, -0.2) is 23.0 Å². The lowest BCUT2D eigenvalue weighted by atomic mass is 10.00. The van der Waals surface area contributed by atoms with Gasteiger partial charge in [0.15, 0.2) is 0 Å². The van der Waals surface area contributed by atoms with E-state index in [0.29, 0.717) is 28.3 Å². The van der Waals surface area contributed by atoms with Gasteiger partial charge in [-0.3, -0.25) is 9.78 Å². The van der Waals surface area contributed by atoms with E-state index in [-0.39, 0.29) is 18.1 Å². The van der Waals surface area contributed by atoms with Gasteiger partial charge in [0.05, 0.1) is 11.6 Å². The Hall–Kier alpha value is -2.59. The molecule has 4 nitrogen and oxygen atoms in total. The third kappa shape index (κ3) is 3.65. The summed E-state index contributed by atoms with van der Waals surface area (Å²) >= 11 is 5.93. The third-order valence-electron chi connectivity index (χ3n) is 6.70. The molecule has 30 heavy (non-hydrogen) atoms. The number of hydrogen-bond donors (Lipinski definition) is 1. The highest BCUT2D eigenvalue weighted by molar-refractivity contribution is 6.30. The van der Waals surface area contributed by atoms with Crippen molar-refractivity contribution in [2.24, 2.45) is 17.8 Å². The predicted molar refractivity (Wildman–Crippen MR) is 119 cm³/mol. The number of fused-ring (bicyclic) bond motifs is 2. The number of amides is 1. The van der Waals surface area contributed by atoms with E-state index in [1.807, 2.05) is 30.5 Å². The van der Waals surface area contributed by atoms with Crippen LogP contribution in [-0.2, 0) is 0 Å². The van der Waals surface area contributed by atoms with Gasteiger partial charge in [-0.25, -0.2) is 0 Å². The van der Waals surface area contributed by atoms with Crippen molar-refractivity contribution < 1.29 is 9.53 Å². The van der Waals surface area contributed by atoms with E-state index in [1.54, 1.807) is 24.3 Å². The van der Waals surface area contributed by atoms with Crippen molar-refractivity contribution in [3.63, 3.8) is 0 Å². The fourth-order valence-corrected chi connectivity index (χ4v) is 5.34. The lowest BCUT2D eigenvalue weighted by Gasteiger charge is -2.22. The Bertz CT molecular complexity index is 1050. The van der Waals surface area contributed by atoms with Crippen LogP contribution in [0.4, 0.5) is 0 Å². The van der Waals surface area contributed by atoms with Crippen LogP contribution in [0.25, 0.3) is 10.9 Å². The van der Waals surface area contributed by atoms with Gasteiger partial charge in [0, 0.05) is 28.2 Å². The van der Waals surface area contributed by atoms with Crippen molar-refractivity contribution in [3.8, 4) is 5.75 Å². The molecule has 3 aromatic rings. The number of benzene rings is 2. The van der Waals surface area contributed by atoms with Crippen LogP contribution in [0.15, 0.2) is 60.8 Å². The lowest BCUT2D eigenvalue weighted by molar-refractivity contribution is 0.0924. The molecule has 2 fully saturated rings. The molecule has 2 saturated carbocycles. The predicted octanol–water partition coefficient (Wildman–Crippen LogP) is 5.50. The summed E-state index contributed by atoms with van der Waals surface area (Å²) in [6, 6.07) is 17.3. The highest BCUT2D eigenvalue weighted by Crippen LogP contribution is 2.60. The fraction of sp³-hybridized carbons (Fsp3) is 0.360. The van der Waals surface area contributed by atoms with Gasteiger partial charge in [0.1, 0.15) is 5.75 Å². The van der Waals surface area contributed by atoms with Gasteiger partial charge in [-0.15, -0.1) is 0 Å². The zero-order valence-electron chi connectivity index (χ0n) is 16.9. The Morgan fingerprint density at radius 3 is 2.60 bits per heavy atom. The molecule has 0 radical (unpaired) electrons. The van der Waals surface area contributed by atoms with E-state index in [2.05, 4.69) is 23.3 Å². The topological polar surface area (TPSA) is 51.2 Å². The summed E-state index contributed by atoms with van der Waals surface area (Å²) in [5, 5.41) is 4.96. The van der Waals surface area contributed by atoms with Crippen LogP contribution < -0.4 is 10.1 Å². The highest BCUT2D eigenvalue weighted by Gasteiger charge is 2.59. The molecule has 1 aromatic heterocycles. The maximum absolute atomic E-state index is 12.6. The van der Waals surface area contributed by atoms with Gasteiger partial charge in [-0.2, -0.15) is 0 Å². The molecule has 5 atom stereocenters. The van der Waals surface area contributed by atoms with Gasteiger partial charge in [-0.05, 0) is 79.5 Å². The van der Waals surface area contributed by atoms with Crippen LogP contribution in [0, 0.1) is 17.8 Å². The van der Waals surface area contributed by atoms with Gasteiger partial charge in [-0.1, -0.05) is 30.7 Å². The number of hydrogen-bond acceptors (Lipinski definition) is 3. The molecule has 2 aromatic carbocycles. The minimum atomic E-state index is -0.0143. The quantitative estimate of drug-likeness (QED) is 0.572. The standard InChI is InChI=1S/C25H25ClN2O2/c1-2-21(28-25(29)15-7-9-16(26)10-8-15)24-19-13-17(14-20(19)24)30-23-11-12-27-22-6-4-3-5-18(22)23/h3-12,17,19-21,24H,2,13-14H2,1H3,(H,28,29)/t17?,19-,20+,21?,24?. The third-order valence-corrected chi connectivity index (χ3v) is 6.95. The van der Waals surface area contributed by atoms with E-state index < -0.39 is 0 Å². The van der Waals surface area contributed by atoms with Crippen molar-refractivity contribution in [3.05, 3.63) is 71.4 Å². The average Bonchev–Trinajstić information content (AvgIpc) is 3.26. The number of ether oxygens (including phenoxy) is 1. The zero-order valence-corrected chi connectivity index (χ0v) is 17.7. The number of aromatic nitrogens is 1. The SMILES string of the molecule is CCC(NC(=O)c1ccc(Cl)cc1)C1[C@H]2CC(Oc3ccnc4ccccc34)C[C@@H]12. The highest BCUT2D eigenvalue weighted by atomic mass is 35.5. The van der Waals surface area contributed by atoms with E-state index in [4.69, 9.17) is 16.3 Å². The van der Waals surface area contributed by atoms with E-state index in [1.165, 1.54) is 0 Å². The lowest BCUT2D eigenvalue weighted by Crippen LogP contribution is -2.37. The first-order valence-corrected chi connectivity index (χ1v) is 11.1. The molecule has 1 heterocycles. The second-order valence-corrected chi connectivity index (χ2v) is 8.87. The number of carbonyl (C=O) groups is 1. The molecule has 0 saturated heterocycles. The first-order valence-electron chi connectivity index (χ1n) is 10.7. The Morgan fingerprint density at radius 1 is 1.13 bits per heavy atom. The van der Waals surface area contributed by atoms with Gasteiger partial charge < -0.3 is 10.1 Å². The summed E-state index contributed by atoms with van der Waals surface area (Å²) in [6.07, 6.45) is 5.11. The molecule has 0 bridgehead atoms. The first-order chi connectivity index (χ1) is 14.6. The zero-order chi connectivity index (χ0) is 20.7. The second-order valence-electron chi connectivity index (χ2n) is 8.44. The van der Waals surface area contributed by atoms with Crippen LogP contribution in [0.1, 0.15) is 36.5 Å². The Morgan fingerprint density at radius 2 is 1.87 bits per heavy atom. The summed E-state index contributed by atoms with van der Waals surface area (Å²) in [4.78, 5) is 17.0. The van der Waals surface area contributed by atoms with Gasteiger partial charge >= 0.3 is 0 Å². The molecule has 0 aliphatic heterocycles. The number of nitrogens with one attached hydrogen (secondary N) is 1. The van der Waals surface area contributed by atoms with Crippen LogP contribution >= 0.6 is 11.6 Å². The molecular formula is C25H25ClN2O2. The van der Waals surface area contributed by atoms with Crippen LogP contribution in [0.5, 0.6) is 5.75 Å². The van der Waals surface area contributed by atoms with Crippen molar-refractivity contribution in [1.82, 2.24) is 10.3 Å². The van der Waals surface area contributed by atoms with Crippen molar-refractivity contribution in [2.75, 3.05) is 0 Å². The molecule has 5 rings (SSSR count). The van der Waals surface area contributed by atoms with Crippen LogP contribution in [0.2, 0.25) is 5.02 Å².